The predicted molar refractivity (Wildman–Crippen MR) is 119 cm³/mol. The standard InChI is InChI=1S/C24H18F3N3O2S/c25-16-6-7-17(22-28-10-12-33-22)18(13-16)23(31)30-11-9-24(26,27)20(14-30)32-21-8-5-15-3-1-2-4-19(15)29-21/h1-8,10,12-13,20H,9,11,14H2. The van der Waals surface area contributed by atoms with Gasteiger partial charge in [0, 0.05) is 41.6 Å². The van der Waals surface area contributed by atoms with E-state index in [-0.39, 0.29) is 24.5 Å². The average Bonchev–Trinajstić information content (AvgIpc) is 3.34. The largest absolute Gasteiger partial charge is 0.466 e. The number of pyridine rings is 1. The Morgan fingerprint density at radius 3 is 2.82 bits per heavy atom. The summed E-state index contributed by atoms with van der Waals surface area (Å²) in [6, 6.07) is 14.4. The molecule has 0 bridgehead atoms. The Hall–Kier alpha value is -3.46. The molecule has 1 unspecified atom stereocenters. The molecular formula is C24H18F3N3O2S. The summed E-state index contributed by atoms with van der Waals surface area (Å²) in [7, 11) is 0. The summed E-state index contributed by atoms with van der Waals surface area (Å²) in [5.74, 6) is -4.23. The van der Waals surface area contributed by atoms with E-state index in [9.17, 15) is 18.0 Å². The lowest BCUT2D eigenvalue weighted by Gasteiger charge is -2.38. The molecule has 5 nitrogen and oxygen atoms in total. The molecule has 0 aliphatic carbocycles. The molecule has 1 amide bonds. The molecule has 9 heteroatoms. The van der Waals surface area contributed by atoms with E-state index in [0.29, 0.717) is 16.1 Å². The molecule has 1 aliphatic heterocycles. The molecule has 1 saturated heterocycles. The normalized spacial score (nSPS) is 17.8. The molecule has 3 heterocycles. The Labute approximate surface area is 191 Å². The fourth-order valence-corrected chi connectivity index (χ4v) is 4.52. The van der Waals surface area contributed by atoms with Gasteiger partial charge in [0.2, 0.25) is 5.88 Å². The first-order chi connectivity index (χ1) is 15.9. The van der Waals surface area contributed by atoms with E-state index in [1.54, 1.807) is 29.8 Å². The summed E-state index contributed by atoms with van der Waals surface area (Å²) in [6.45, 7) is -0.529. The lowest BCUT2D eigenvalue weighted by atomic mass is 10.0. The fraction of sp³-hybridized carbons (Fsp3) is 0.208. The van der Waals surface area contributed by atoms with Crippen LogP contribution < -0.4 is 4.74 Å². The minimum absolute atomic E-state index is 0.0573. The van der Waals surface area contributed by atoms with Crippen LogP contribution in [0, 0.1) is 5.82 Å². The van der Waals surface area contributed by atoms with Gasteiger partial charge in [-0.15, -0.1) is 11.3 Å². The van der Waals surface area contributed by atoms with Crippen molar-refractivity contribution in [3.63, 3.8) is 0 Å². The molecule has 33 heavy (non-hydrogen) atoms. The molecule has 0 spiro atoms. The maximum absolute atomic E-state index is 14.7. The van der Waals surface area contributed by atoms with Gasteiger partial charge in [0.05, 0.1) is 17.6 Å². The maximum atomic E-state index is 14.7. The number of alkyl halides is 2. The van der Waals surface area contributed by atoms with Crippen LogP contribution in [0.2, 0.25) is 0 Å². The minimum atomic E-state index is -3.15. The number of halogens is 3. The molecule has 0 radical (unpaired) electrons. The van der Waals surface area contributed by atoms with Gasteiger partial charge in [-0.05, 0) is 30.3 Å². The summed E-state index contributed by atoms with van der Waals surface area (Å²) in [6.07, 6.45) is -0.570. The van der Waals surface area contributed by atoms with Crippen LogP contribution >= 0.6 is 11.3 Å². The Kier molecular flexibility index (Phi) is 5.49. The van der Waals surface area contributed by atoms with Gasteiger partial charge >= 0.3 is 0 Å². The number of para-hydroxylation sites is 1. The third kappa shape index (κ3) is 4.28. The van der Waals surface area contributed by atoms with E-state index in [1.165, 1.54) is 34.4 Å². The Bertz CT molecular complexity index is 1310. The van der Waals surface area contributed by atoms with Crippen molar-refractivity contribution in [2.75, 3.05) is 13.1 Å². The molecule has 5 rings (SSSR count). The first-order valence-corrected chi connectivity index (χ1v) is 11.2. The lowest BCUT2D eigenvalue weighted by molar-refractivity contribution is -0.131. The molecule has 1 fully saturated rings. The number of benzene rings is 2. The van der Waals surface area contributed by atoms with Crippen molar-refractivity contribution in [2.45, 2.75) is 18.4 Å². The number of thiazole rings is 1. The first-order valence-electron chi connectivity index (χ1n) is 10.3. The van der Waals surface area contributed by atoms with Crippen molar-refractivity contribution in [3.8, 4) is 16.5 Å². The topological polar surface area (TPSA) is 55.3 Å². The first kappa shape index (κ1) is 21.4. The zero-order valence-corrected chi connectivity index (χ0v) is 18.1. The van der Waals surface area contributed by atoms with E-state index in [2.05, 4.69) is 9.97 Å². The molecular weight excluding hydrogens is 451 g/mol. The SMILES string of the molecule is O=C(c1cc(F)ccc1-c1nccs1)N1CCC(F)(F)C(Oc2ccc3ccccc3n2)C1. The highest BCUT2D eigenvalue weighted by molar-refractivity contribution is 7.13. The molecule has 4 aromatic rings. The van der Waals surface area contributed by atoms with Crippen LogP contribution in [-0.2, 0) is 0 Å². The highest BCUT2D eigenvalue weighted by atomic mass is 32.1. The number of hydrogen-bond donors (Lipinski definition) is 0. The number of carbonyl (C=O) groups is 1. The Morgan fingerprint density at radius 1 is 1.15 bits per heavy atom. The second kappa shape index (κ2) is 8.47. The zero-order chi connectivity index (χ0) is 23.0. The maximum Gasteiger partial charge on any atom is 0.287 e. The van der Waals surface area contributed by atoms with Crippen molar-refractivity contribution in [1.82, 2.24) is 14.9 Å². The smallest absolute Gasteiger partial charge is 0.287 e. The zero-order valence-electron chi connectivity index (χ0n) is 17.2. The van der Waals surface area contributed by atoms with Gasteiger partial charge in [0.1, 0.15) is 10.8 Å². The quantitative estimate of drug-likeness (QED) is 0.400. The van der Waals surface area contributed by atoms with Crippen molar-refractivity contribution in [3.05, 3.63) is 77.6 Å². The molecule has 2 aromatic heterocycles. The van der Waals surface area contributed by atoms with Crippen LogP contribution in [0.25, 0.3) is 21.5 Å². The van der Waals surface area contributed by atoms with Crippen molar-refractivity contribution in [1.29, 1.82) is 0 Å². The number of piperidine rings is 1. The summed E-state index contributed by atoms with van der Waals surface area (Å²) < 4.78 is 49.0. The number of aromatic nitrogens is 2. The molecule has 1 aliphatic rings. The molecule has 0 saturated carbocycles. The van der Waals surface area contributed by atoms with E-state index in [0.717, 1.165) is 11.5 Å². The number of carbonyl (C=O) groups excluding carboxylic acids is 1. The van der Waals surface area contributed by atoms with E-state index >= 15 is 0 Å². The number of amides is 1. The molecule has 168 valence electrons. The number of likely N-dealkylation sites (tertiary alicyclic amines) is 1. The second-order valence-electron chi connectivity index (χ2n) is 7.74. The average molecular weight is 469 g/mol. The third-order valence-electron chi connectivity index (χ3n) is 5.57. The van der Waals surface area contributed by atoms with Crippen LogP contribution in [0.15, 0.2) is 66.2 Å². The van der Waals surface area contributed by atoms with Gasteiger partial charge in [-0.2, -0.15) is 0 Å². The summed E-state index contributed by atoms with van der Waals surface area (Å²) >= 11 is 1.31. The minimum Gasteiger partial charge on any atom is -0.466 e. The van der Waals surface area contributed by atoms with Crippen LogP contribution in [0.3, 0.4) is 0 Å². The Balaban J connectivity index is 1.41. The third-order valence-corrected chi connectivity index (χ3v) is 6.38. The van der Waals surface area contributed by atoms with Gasteiger partial charge in [-0.3, -0.25) is 4.79 Å². The molecule has 1 atom stereocenters. The number of hydrogen-bond acceptors (Lipinski definition) is 5. The number of ether oxygens (including phenoxy) is 1. The van der Waals surface area contributed by atoms with Gasteiger partial charge in [0.25, 0.3) is 11.8 Å². The van der Waals surface area contributed by atoms with Crippen LogP contribution in [0.4, 0.5) is 13.2 Å². The van der Waals surface area contributed by atoms with Gasteiger partial charge < -0.3 is 9.64 Å². The number of fused-ring (bicyclic) bond motifs is 1. The van der Waals surface area contributed by atoms with Crippen LogP contribution in [0.5, 0.6) is 5.88 Å². The van der Waals surface area contributed by atoms with Gasteiger partial charge in [0.15, 0.2) is 6.10 Å². The molecule has 0 N–H and O–H groups in total. The van der Waals surface area contributed by atoms with E-state index in [1.807, 2.05) is 12.1 Å². The highest BCUT2D eigenvalue weighted by Gasteiger charge is 2.47. The molecule has 2 aromatic carbocycles. The van der Waals surface area contributed by atoms with Gasteiger partial charge in [-0.1, -0.05) is 18.2 Å². The second-order valence-corrected chi connectivity index (χ2v) is 8.63. The van der Waals surface area contributed by atoms with E-state index in [4.69, 9.17) is 4.74 Å². The fourth-order valence-electron chi connectivity index (χ4n) is 3.84. The van der Waals surface area contributed by atoms with Crippen molar-refractivity contribution in [2.24, 2.45) is 0 Å². The lowest BCUT2D eigenvalue weighted by Crippen LogP contribution is -2.55. The van der Waals surface area contributed by atoms with Crippen LogP contribution in [-0.4, -0.2) is 45.9 Å². The Morgan fingerprint density at radius 2 is 2.00 bits per heavy atom. The summed E-state index contributed by atoms with van der Waals surface area (Å²) in [4.78, 5) is 23.0. The summed E-state index contributed by atoms with van der Waals surface area (Å²) in [5.41, 5.74) is 1.16. The van der Waals surface area contributed by atoms with Crippen molar-refractivity contribution >= 4 is 28.1 Å². The number of rotatable bonds is 4. The van der Waals surface area contributed by atoms with Crippen LogP contribution in [0.1, 0.15) is 16.8 Å². The van der Waals surface area contributed by atoms with Crippen molar-refractivity contribution < 1.29 is 22.7 Å². The predicted octanol–water partition coefficient (Wildman–Crippen LogP) is 5.43. The summed E-state index contributed by atoms with van der Waals surface area (Å²) in [5, 5.41) is 3.15. The highest BCUT2D eigenvalue weighted by Crippen LogP contribution is 2.34. The monoisotopic (exact) mass is 469 g/mol. The van der Waals surface area contributed by atoms with E-state index < -0.39 is 30.2 Å². The van der Waals surface area contributed by atoms with Gasteiger partial charge in [-0.25, -0.2) is 23.1 Å². The number of nitrogens with zero attached hydrogens (tertiary/aromatic N) is 3.